The Morgan fingerprint density at radius 2 is 1.85 bits per heavy atom. The Morgan fingerprint density at radius 1 is 1.10 bits per heavy atom. The smallest absolute Gasteiger partial charge is 0.338 e. The minimum atomic E-state index is -0.690. The minimum Gasteiger partial charge on any atom is -0.496 e. The summed E-state index contributed by atoms with van der Waals surface area (Å²) in [7, 11) is 1.62. The molecule has 1 aliphatic heterocycles. The number of fused-ring (bicyclic) bond motifs is 2. The van der Waals surface area contributed by atoms with Gasteiger partial charge in [0.2, 0.25) is 0 Å². The molecule has 0 fully saturated rings. The van der Waals surface area contributed by atoms with Crippen molar-refractivity contribution in [2.45, 2.75) is 39.8 Å². The van der Waals surface area contributed by atoms with Crippen LogP contribution in [0.5, 0.6) is 11.5 Å². The van der Waals surface area contributed by atoms with E-state index in [-0.39, 0.29) is 18.3 Å². The summed E-state index contributed by atoms with van der Waals surface area (Å²) in [4.78, 5) is 32.4. The van der Waals surface area contributed by atoms with Crippen LogP contribution < -0.4 is 24.4 Å². The summed E-state index contributed by atoms with van der Waals surface area (Å²) < 4.78 is 18.9. The average molecular weight is 543 g/mol. The molecule has 0 saturated carbocycles. The number of ether oxygens (including phenoxy) is 3. The normalized spacial score (nSPS) is 15.3. The molecule has 0 amide bonds. The molecule has 200 valence electrons. The number of benzene rings is 3. The first kappa shape index (κ1) is 26.4. The van der Waals surface area contributed by atoms with E-state index in [4.69, 9.17) is 14.2 Å². The van der Waals surface area contributed by atoms with Crippen molar-refractivity contribution >= 4 is 34.2 Å². The lowest BCUT2D eigenvalue weighted by molar-refractivity contribution is -0.139. The van der Waals surface area contributed by atoms with E-state index >= 15 is 0 Å². The molecule has 7 nitrogen and oxygen atoms in total. The van der Waals surface area contributed by atoms with Crippen LogP contribution in [-0.2, 0) is 9.53 Å². The summed E-state index contributed by atoms with van der Waals surface area (Å²) >= 11 is 1.29. The van der Waals surface area contributed by atoms with Gasteiger partial charge in [0.15, 0.2) is 4.80 Å². The molecule has 0 unspecified atom stereocenters. The van der Waals surface area contributed by atoms with Gasteiger partial charge in [0.05, 0.1) is 41.7 Å². The zero-order chi connectivity index (χ0) is 27.7. The molecule has 1 aliphatic rings. The van der Waals surface area contributed by atoms with Gasteiger partial charge in [-0.15, -0.1) is 0 Å². The largest absolute Gasteiger partial charge is 0.496 e. The molecule has 3 aromatic carbocycles. The highest BCUT2D eigenvalue weighted by Gasteiger charge is 2.33. The number of allylic oxidation sites excluding steroid dienone is 1. The second-order valence-corrected chi connectivity index (χ2v) is 10.4. The summed E-state index contributed by atoms with van der Waals surface area (Å²) in [5.41, 5.74) is 2.20. The first-order valence-electron chi connectivity index (χ1n) is 12.8. The predicted molar refractivity (Wildman–Crippen MR) is 153 cm³/mol. The van der Waals surface area contributed by atoms with E-state index in [9.17, 15) is 9.59 Å². The molecular formula is C31H30N2O5S. The monoisotopic (exact) mass is 542 g/mol. The second-order valence-electron chi connectivity index (χ2n) is 9.44. The summed E-state index contributed by atoms with van der Waals surface area (Å²) in [6.07, 6.45) is 1.88. The highest BCUT2D eigenvalue weighted by atomic mass is 32.1. The summed E-state index contributed by atoms with van der Waals surface area (Å²) in [5, 5.41) is 2.02. The van der Waals surface area contributed by atoms with Gasteiger partial charge in [-0.2, -0.15) is 0 Å². The predicted octanol–water partition coefficient (Wildman–Crippen LogP) is 4.75. The highest BCUT2D eigenvalue weighted by Crippen LogP contribution is 2.32. The Kier molecular flexibility index (Phi) is 7.39. The van der Waals surface area contributed by atoms with Gasteiger partial charge >= 0.3 is 5.97 Å². The zero-order valence-electron chi connectivity index (χ0n) is 22.6. The number of esters is 1. The van der Waals surface area contributed by atoms with Crippen molar-refractivity contribution < 1.29 is 19.0 Å². The van der Waals surface area contributed by atoms with Crippen LogP contribution in [-0.4, -0.2) is 30.4 Å². The second kappa shape index (κ2) is 10.9. The third-order valence-electron chi connectivity index (χ3n) is 6.51. The molecule has 0 bridgehead atoms. The third kappa shape index (κ3) is 5.00. The van der Waals surface area contributed by atoms with E-state index in [0.29, 0.717) is 32.1 Å². The zero-order valence-corrected chi connectivity index (χ0v) is 23.4. The van der Waals surface area contributed by atoms with Crippen LogP contribution in [0.1, 0.15) is 44.9 Å². The number of hydrogen-bond acceptors (Lipinski definition) is 7. The maximum absolute atomic E-state index is 14.0. The Hall–Kier alpha value is -4.17. The molecule has 8 heteroatoms. The number of carbonyl (C=O) groups excluding carboxylic acids is 1. The standard InChI is InChI=1S/C31H30N2O5S/c1-6-37-30(35)27-19(4)32-31-33(28(27)21-11-14-22(15-12-21)38-18(2)3)29(34)26(39-31)17-24-23-10-8-7-9-20(23)13-16-25(24)36-5/h7-18,28H,6H2,1-5H3/b26-17+/t28-/m0/s1. The maximum atomic E-state index is 14.0. The fourth-order valence-electron chi connectivity index (χ4n) is 4.84. The van der Waals surface area contributed by atoms with Crippen molar-refractivity contribution in [1.82, 2.24) is 4.57 Å². The third-order valence-corrected chi connectivity index (χ3v) is 7.49. The molecule has 0 N–H and O–H groups in total. The van der Waals surface area contributed by atoms with Gasteiger partial charge < -0.3 is 14.2 Å². The number of aromatic nitrogens is 1. The Labute approximate surface area is 230 Å². The van der Waals surface area contributed by atoms with Crippen LogP contribution in [0.2, 0.25) is 0 Å². The van der Waals surface area contributed by atoms with Crippen LogP contribution in [0.4, 0.5) is 0 Å². The number of thiazole rings is 1. The van der Waals surface area contributed by atoms with Crippen LogP contribution in [0.15, 0.2) is 81.7 Å². The van der Waals surface area contributed by atoms with E-state index in [1.54, 1.807) is 25.5 Å². The van der Waals surface area contributed by atoms with Gasteiger partial charge in [0, 0.05) is 5.56 Å². The lowest BCUT2D eigenvalue weighted by atomic mass is 9.96. The van der Waals surface area contributed by atoms with Gasteiger partial charge in [-0.25, -0.2) is 9.79 Å². The van der Waals surface area contributed by atoms with Crippen LogP contribution >= 0.6 is 11.3 Å². The van der Waals surface area contributed by atoms with E-state index in [0.717, 1.165) is 21.9 Å². The van der Waals surface area contributed by atoms with Crippen molar-refractivity contribution in [3.05, 3.63) is 103 Å². The summed E-state index contributed by atoms with van der Waals surface area (Å²) in [6.45, 7) is 7.67. The molecular weight excluding hydrogens is 512 g/mol. The van der Waals surface area contributed by atoms with Crippen molar-refractivity contribution in [2.75, 3.05) is 13.7 Å². The topological polar surface area (TPSA) is 79.1 Å². The Morgan fingerprint density at radius 3 is 2.54 bits per heavy atom. The van der Waals surface area contributed by atoms with Crippen molar-refractivity contribution in [2.24, 2.45) is 4.99 Å². The van der Waals surface area contributed by atoms with Gasteiger partial charge in [-0.05, 0) is 68.3 Å². The Bertz CT molecular complexity index is 1760. The van der Waals surface area contributed by atoms with Crippen LogP contribution in [0, 0.1) is 0 Å². The van der Waals surface area contributed by atoms with E-state index in [2.05, 4.69) is 4.99 Å². The fourth-order valence-corrected chi connectivity index (χ4v) is 5.87. The SMILES string of the molecule is CCOC(=O)C1=C(C)N=c2s/c(=C/c3c(OC)ccc4ccccc34)c(=O)n2[C@H]1c1ccc(OC(C)C)cc1. The average Bonchev–Trinajstić information content (AvgIpc) is 3.22. The van der Waals surface area contributed by atoms with Crippen LogP contribution in [0.25, 0.3) is 16.8 Å². The van der Waals surface area contributed by atoms with Crippen LogP contribution in [0.3, 0.4) is 0 Å². The van der Waals surface area contributed by atoms with Gasteiger partial charge in [-0.3, -0.25) is 9.36 Å². The van der Waals surface area contributed by atoms with Gasteiger partial charge in [-0.1, -0.05) is 53.8 Å². The summed E-state index contributed by atoms with van der Waals surface area (Å²) in [6, 6.07) is 18.6. The van der Waals surface area contributed by atoms with Crippen molar-refractivity contribution in [1.29, 1.82) is 0 Å². The first-order valence-corrected chi connectivity index (χ1v) is 13.7. The first-order chi connectivity index (χ1) is 18.8. The van der Waals surface area contributed by atoms with Gasteiger partial charge in [0.1, 0.15) is 11.5 Å². The molecule has 39 heavy (non-hydrogen) atoms. The molecule has 1 atom stereocenters. The number of nitrogens with zero attached hydrogens (tertiary/aromatic N) is 2. The Balaban J connectivity index is 1.73. The molecule has 2 heterocycles. The highest BCUT2D eigenvalue weighted by molar-refractivity contribution is 7.07. The lowest BCUT2D eigenvalue weighted by Crippen LogP contribution is -2.39. The maximum Gasteiger partial charge on any atom is 0.338 e. The fraction of sp³-hybridized carbons (Fsp3) is 0.258. The minimum absolute atomic E-state index is 0.0248. The summed E-state index contributed by atoms with van der Waals surface area (Å²) in [5.74, 6) is 0.888. The van der Waals surface area contributed by atoms with Gasteiger partial charge in [0.25, 0.3) is 5.56 Å². The molecule has 0 saturated heterocycles. The number of hydrogen-bond donors (Lipinski definition) is 0. The molecule has 0 radical (unpaired) electrons. The van der Waals surface area contributed by atoms with E-state index in [1.807, 2.05) is 80.6 Å². The van der Waals surface area contributed by atoms with E-state index < -0.39 is 12.0 Å². The molecule has 0 spiro atoms. The van der Waals surface area contributed by atoms with Crippen molar-refractivity contribution in [3.8, 4) is 11.5 Å². The molecule has 1 aromatic heterocycles. The number of methoxy groups -OCH3 is 1. The number of rotatable bonds is 7. The number of carbonyl (C=O) groups is 1. The molecule has 0 aliphatic carbocycles. The quantitative estimate of drug-likeness (QED) is 0.315. The molecule has 5 rings (SSSR count). The van der Waals surface area contributed by atoms with Crippen molar-refractivity contribution in [3.63, 3.8) is 0 Å². The molecule has 4 aromatic rings. The van der Waals surface area contributed by atoms with E-state index in [1.165, 1.54) is 11.3 Å². The lowest BCUT2D eigenvalue weighted by Gasteiger charge is -2.25.